The fourth-order valence-corrected chi connectivity index (χ4v) is 3.23. The quantitative estimate of drug-likeness (QED) is 0.799. The molecule has 0 aromatic carbocycles. The van der Waals surface area contributed by atoms with Gasteiger partial charge in [-0.1, -0.05) is 32.0 Å². The molecule has 0 bridgehead atoms. The largest absolute Gasteiger partial charge is 0.332 e. The Bertz CT molecular complexity index is 521. The number of halogens is 1. The van der Waals surface area contributed by atoms with Gasteiger partial charge in [0, 0.05) is 18.7 Å². The second-order valence-electron chi connectivity index (χ2n) is 5.76. The highest BCUT2D eigenvalue weighted by Gasteiger charge is 2.33. The van der Waals surface area contributed by atoms with Crippen LogP contribution in [0, 0.1) is 12.8 Å². The van der Waals surface area contributed by atoms with E-state index in [1.165, 1.54) is 6.08 Å². The molecule has 4 nitrogen and oxygen atoms in total. The Morgan fingerprint density at radius 3 is 2.90 bits per heavy atom. The molecule has 2 rings (SSSR count). The van der Waals surface area contributed by atoms with E-state index in [0.29, 0.717) is 11.1 Å². The molecule has 0 spiro atoms. The summed E-state index contributed by atoms with van der Waals surface area (Å²) in [5.74, 6) is 0.453. The fourth-order valence-electron chi connectivity index (χ4n) is 2.86. The molecule has 2 heterocycles. The first-order valence-electron chi connectivity index (χ1n) is 7.11. The van der Waals surface area contributed by atoms with E-state index >= 15 is 0 Å². The van der Waals surface area contributed by atoms with Crippen molar-refractivity contribution in [3.8, 4) is 0 Å². The van der Waals surface area contributed by atoms with E-state index in [-0.39, 0.29) is 11.9 Å². The minimum atomic E-state index is -0.0282. The summed E-state index contributed by atoms with van der Waals surface area (Å²) in [6, 6.07) is 0.0360. The third-order valence-corrected chi connectivity index (χ3v) is 4.09. The highest BCUT2D eigenvalue weighted by molar-refractivity contribution is 6.30. The molecular formula is C15H22ClN3O. The maximum absolute atomic E-state index is 11.9. The third kappa shape index (κ3) is 2.75. The van der Waals surface area contributed by atoms with Crippen LogP contribution in [-0.4, -0.2) is 27.1 Å². The zero-order chi connectivity index (χ0) is 14.9. The standard InChI is InChI=1S/C15H22ClN3O/c1-5-13(20)18-8-6-7-12(18)14-11(4)17-19(15(14)16)9-10(2)3/h5,10,12H,1,6-9H2,2-4H3. The first kappa shape index (κ1) is 15.1. The van der Waals surface area contributed by atoms with Crippen LogP contribution in [0.5, 0.6) is 0 Å². The average Bonchev–Trinajstić information content (AvgIpc) is 2.94. The number of hydrogen-bond acceptors (Lipinski definition) is 2. The monoisotopic (exact) mass is 295 g/mol. The molecule has 1 aromatic rings. The fraction of sp³-hybridized carbons (Fsp3) is 0.600. The molecule has 5 heteroatoms. The molecule has 0 aliphatic carbocycles. The molecule has 110 valence electrons. The summed E-state index contributed by atoms with van der Waals surface area (Å²) in [6.07, 6.45) is 3.31. The SMILES string of the molecule is C=CC(=O)N1CCCC1c1c(C)nn(CC(C)C)c1Cl. The van der Waals surface area contributed by atoms with Crippen LogP contribution < -0.4 is 0 Å². The van der Waals surface area contributed by atoms with E-state index in [9.17, 15) is 4.79 Å². The van der Waals surface area contributed by atoms with Crippen molar-refractivity contribution in [2.75, 3.05) is 6.54 Å². The Morgan fingerprint density at radius 2 is 2.30 bits per heavy atom. The Kier molecular flexibility index (Phi) is 4.53. The summed E-state index contributed by atoms with van der Waals surface area (Å²) in [4.78, 5) is 13.8. The maximum Gasteiger partial charge on any atom is 0.246 e. The van der Waals surface area contributed by atoms with E-state index in [4.69, 9.17) is 11.6 Å². The van der Waals surface area contributed by atoms with Crippen LogP contribution in [-0.2, 0) is 11.3 Å². The van der Waals surface area contributed by atoms with Crippen LogP contribution in [0.1, 0.15) is 44.0 Å². The van der Waals surface area contributed by atoms with Crippen LogP contribution >= 0.6 is 11.6 Å². The summed E-state index contributed by atoms with van der Waals surface area (Å²) < 4.78 is 1.85. The number of aromatic nitrogens is 2. The molecule has 20 heavy (non-hydrogen) atoms. The van der Waals surface area contributed by atoms with Crippen LogP contribution in [0.25, 0.3) is 0 Å². The Hall–Kier alpha value is -1.29. The van der Waals surface area contributed by atoms with E-state index in [2.05, 4.69) is 25.5 Å². The number of hydrogen-bond donors (Lipinski definition) is 0. The van der Waals surface area contributed by atoms with Gasteiger partial charge in [0.1, 0.15) is 5.15 Å². The average molecular weight is 296 g/mol. The van der Waals surface area contributed by atoms with Gasteiger partial charge < -0.3 is 4.90 Å². The van der Waals surface area contributed by atoms with Crippen molar-refractivity contribution in [3.63, 3.8) is 0 Å². The number of aryl methyl sites for hydroxylation is 1. The molecule has 1 unspecified atom stereocenters. The van der Waals surface area contributed by atoms with Gasteiger partial charge in [-0.2, -0.15) is 5.10 Å². The van der Waals surface area contributed by atoms with Gasteiger partial charge in [-0.3, -0.25) is 9.48 Å². The van der Waals surface area contributed by atoms with Crippen molar-refractivity contribution in [3.05, 3.63) is 29.1 Å². The lowest BCUT2D eigenvalue weighted by Gasteiger charge is -2.23. The van der Waals surface area contributed by atoms with Crippen LogP contribution in [0.2, 0.25) is 5.15 Å². The van der Waals surface area contributed by atoms with E-state index in [1.807, 2.05) is 16.5 Å². The van der Waals surface area contributed by atoms with Crippen molar-refractivity contribution in [2.45, 2.75) is 46.2 Å². The number of nitrogens with zero attached hydrogens (tertiary/aromatic N) is 3. The Balaban J connectivity index is 2.34. The highest BCUT2D eigenvalue weighted by Crippen LogP contribution is 2.38. The van der Waals surface area contributed by atoms with Gasteiger partial charge in [0.15, 0.2) is 0 Å². The predicted octanol–water partition coefficient (Wildman–Crippen LogP) is 3.35. The maximum atomic E-state index is 11.9. The topological polar surface area (TPSA) is 38.1 Å². The summed E-state index contributed by atoms with van der Waals surface area (Å²) in [6.45, 7) is 11.4. The van der Waals surface area contributed by atoms with Gasteiger partial charge in [-0.15, -0.1) is 0 Å². The molecule has 1 atom stereocenters. The van der Waals surface area contributed by atoms with Crippen molar-refractivity contribution < 1.29 is 4.79 Å². The summed E-state index contributed by atoms with van der Waals surface area (Å²) >= 11 is 6.50. The number of amides is 1. The summed E-state index contributed by atoms with van der Waals surface area (Å²) in [5.41, 5.74) is 1.92. The number of rotatable bonds is 4. The highest BCUT2D eigenvalue weighted by atomic mass is 35.5. The van der Waals surface area contributed by atoms with Crippen molar-refractivity contribution >= 4 is 17.5 Å². The van der Waals surface area contributed by atoms with Gasteiger partial charge >= 0.3 is 0 Å². The lowest BCUT2D eigenvalue weighted by molar-refractivity contribution is -0.126. The van der Waals surface area contributed by atoms with Crippen molar-refractivity contribution in [2.24, 2.45) is 5.92 Å². The van der Waals surface area contributed by atoms with Gasteiger partial charge in [0.05, 0.1) is 11.7 Å². The van der Waals surface area contributed by atoms with Crippen LogP contribution in [0.3, 0.4) is 0 Å². The first-order valence-corrected chi connectivity index (χ1v) is 7.49. The minimum Gasteiger partial charge on any atom is -0.332 e. The van der Waals surface area contributed by atoms with Gasteiger partial charge in [-0.25, -0.2) is 0 Å². The number of likely N-dealkylation sites (tertiary alicyclic amines) is 1. The number of carbonyl (C=O) groups is 1. The van der Waals surface area contributed by atoms with Crippen molar-refractivity contribution in [1.82, 2.24) is 14.7 Å². The minimum absolute atomic E-state index is 0.0282. The van der Waals surface area contributed by atoms with E-state index < -0.39 is 0 Å². The Labute approximate surface area is 125 Å². The summed E-state index contributed by atoms with van der Waals surface area (Å²) in [7, 11) is 0. The van der Waals surface area contributed by atoms with Gasteiger partial charge in [-0.05, 0) is 31.8 Å². The molecule has 1 aliphatic rings. The molecule has 1 saturated heterocycles. The zero-order valence-corrected chi connectivity index (χ0v) is 13.2. The second kappa shape index (κ2) is 6.00. The first-order chi connectivity index (χ1) is 9.45. The molecule has 0 N–H and O–H groups in total. The molecule has 1 amide bonds. The molecule has 1 aromatic heterocycles. The van der Waals surface area contributed by atoms with Gasteiger partial charge in [0.25, 0.3) is 0 Å². The van der Waals surface area contributed by atoms with Crippen LogP contribution in [0.4, 0.5) is 0 Å². The lowest BCUT2D eigenvalue weighted by Crippen LogP contribution is -2.29. The zero-order valence-electron chi connectivity index (χ0n) is 12.4. The summed E-state index contributed by atoms with van der Waals surface area (Å²) in [5, 5.41) is 5.21. The van der Waals surface area contributed by atoms with Crippen LogP contribution in [0.15, 0.2) is 12.7 Å². The van der Waals surface area contributed by atoms with E-state index in [1.54, 1.807) is 0 Å². The molecule has 1 aliphatic heterocycles. The third-order valence-electron chi connectivity index (χ3n) is 3.69. The molecular weight excluding hydrogens is 274 g/mol. The molecule has 0 saturated carbocycles. The van der Waals surface area contributed by atoms with E-state index in [0.717, 1.165) is 37.2 Å². The normalized spacial score (nSPS) is 18.9. The number of carbonyl (C=O) groups excluding carboxylic acids is 1. The van der Waals surface area contributed by atoms with Gasteiger partial charge in [0.2, 0.25) is 5.91 Å². The lowest BCUT2D eigenvalue weighted by atomic mass is 10.1. The smallest absolute Gasteiger partial charge is 0.246 e. The predicted molar refractivity (Wildman–Crippen MR) is 80.7 cm³/mol. The molecule has 1 fully saturated rings. The second-order valence-corrected chi connectivity index (χ2v) is 6.12. The molecule has 0 radical (unpaired) electrons. The Morgan fingerprint density at radius 1 is 1.60 bits per heavy atom. The van der Waals surface area contributed by atoms with Crippen molar-refractivity contribution in [1.29, 1.82) is 0 Å².